The molecule has 0 aliphatic carbocycles. The van der Waals surface area contributed by atoms with Gasteiger partial charge >= 0.3 is 0 Å². The number of hydrazone groups is 1. The van der Waals surface area contributed by atoms with Crippen LogP contribution < -0.4 is 14.9 Å². The summed E-state index contributed by atoms with van der Waals surface area (Å²) in [5, 5.41) is 4.43. The first-order valence-corrected chi connectivity index (χ1v) is 10.9. The van der Waals surface area contributed by atoms with Gasteiger partial charge in [0.25, 0.3) is 5.91 Å². The summed E-state index contributed by atoms with van der Waals surface area (Å²) in [4.78, 5) is 12.2. The molecule has 0 fully saturated rings. The van der Waals surface area contributed by atoms with Crippen molar-refractivity contribution in [2.45, 2.75) is 20.5 Å². The van der Waals surface area contributed by atoms with Gasteiger partial charge in [0, 0.05) is 10.0 Å². The van der Waals surface area contributed by atoms with Crippen molar-refractivity contribution in [1.29, 1.82) is 0 Å². The lowest BCUT2D eigenvalue weighted by molar-refractivity contribution is 0.0955. The van der Waals surface area contributed by atoms with E-state index in [2.05, 4.69) is 26.5 Å². The second-order valence-corrected chi connectivity index (χ2v) is 8.01. The van der Waals surface area contributed by atoms with E-state index >= 15 is 0 Å². The lowest BCUT2D eigenvalue weighted by atomic mass is 10.1. The van der Waals surface area contributed by atoms with Crippen LogP contribution in [0.4, 0.5) is 0 Å². The highest BCUT2D eigenvalue weighted by atomic mass is 79.9. The third-order valence-corrected chi connectivity index (χ3v) is 5.21. The number of carbonyl (C=O) groups excluding carboxylic acids is 1. The number of hydrogen-bond donors (Lipinski definition) is 1. The van der Waals surface area contributed by atoms with Gasteiger partial charge in [-0.15, -0.1) is 0 Å². The standard InChI is InChI=1S/C24H22BrClN2O3/c1-3-30-22-12-17(14-27-28-24(29)18-9-6-10-20(25)13-18)11-21(26)23(22)31-15-19-8-5-4-7-16(19)2/h4-14H,3,15H2,1-2H3,(H,28,29)/b27-14-. The zero-order valence-corrected chi connectivity index (χ0v) is 19.5. The highest BCUT2D eigenvalue weighted by molar-refractivity contribution is 9.10. The summed E-state index contributed by atoms with van der Waals surface area (Å²) < 4.78 is 12.5. The number of nitrogens with zero attached hydrogens (tertiary/aromatic N) is 1. The van der Waals surface area contributed by atoms with E-state index in [-0.39, 0.29) is 5.91 Å². The molecule has 1 amide bonds. The Bertz CT molecular complexity index is 1100. The number of ether oxygens (including phenoxy) is 2. The van der Waals surface area contributed by atoms with Gasteiger partial charge in [0.2, 0.25) is 0 Å². The zero-order chi connectivity index (χ0) is 22.2. The van der Waals surface area contributed by atoms with E-state index in [4.69, 9.17) is 21.1 Å². The topological polar surface area (TPSA) is 59.9 Å². The Kier molecular flexibility index (Phi) is 8.09. The Hall–Kier alpha value is -2.83. The summed E-state index contributed by atoms with van der Waals surface area (Å²) >= 11 is 9.82. The fourth-order valence-corrected chi connectivity index (χ4v) is 3.52. The highest BCUT2D eigenvalue weighted by Crippen LogP contribution is 2.37. The number of hydrogen-bond acceptors (Lipinski definition) is 4. The summed E-state index contributed by atoms with van der Waals surface area (Å²) in [6.07, 6.45) is 1.51. The van der Waals surface area contributed by atoms with Crippen LogP contribution in [-0.4, -0.2) is 18.7 Å². The summed E-state index contributed by atoms with van der Waals surface area (Å²) in [7, 11) is 0. The van der Waals surface area contributed by atoms with Crippen molar-refractivity contribution in [2.75, 3.05) is 6.61 Å². The molecule has 0 heterocycles. The van der Waals surface area contributed by atoms with Gasteiger partial charge in [-0.2, -0.15) is 5.10 Å². The minimum Gasteiger partial charge on any atom is -0.490 e. The van der Waals surface area contributed by atoms with Gasteiger partial charge in [-0.1, -0.05) is 57.9 Å². The van der Waals surface area contributed by atoms with Gasteiger partial charge in [0.1, 0.15) is 6.61 Å². The molecule has 0 saturated heterocycles. The molecule has 0 atom stereocenters. The number of rotatable bonds is 8. The van der Waals surface area contributed by atoms with E-state index in [1.54, 1.807) is 30.3 Å². The Labute approximate surface area is 195 Å². The average Bonchev–Trinajstić information content (AvgIpc) is 2.74. The summed E-state index contributed by atoms with van der Waals surface area (Å²) in [6.45, 7) is 4.75. The van der Waals surface area contributed by atoms with Crippen molar-refractivity contribution in [3.63, 3.8) is 0 Å². The molecular formula is C24H22BrClN2O3. The molecule has 3 aromatic rings. The van der Waals surface area contributed by atoms with Crippen LogP contribution in [0.1, 0.15) is 34.0 Å². The molecule has 0 saturated carbocycles. The summed E-state index contributed by atoms with van der Waals surface area (Å²) in [6, 6.07) is 18.6. The van der Waals surface area contributed by atoms with E-state index in [9.17, 15) is 4.79 Å². The van der Waals surface area contributed by atoms with Crippen molar-refractivity contribution in [2.24, 2.45) is 5.10 Å². The molecule has 0 aliphatic heterocycles. The fraction of sp³-hybridized carbons (Fsp3) is 0.167. The molecule has 0 spiro atoms. The van der Waals surface area contributed by atoms with Crippen LogP contribution in [0, 0.1) is 6.92 Å². The van der Waals surface area contributed by atoms with Crippen LogP contribution >= 0.6 is 27.5 Å². The van der Waals surface area contributed by atoms with Crippen LogP contribution in [0.15, 0.2) is 70.2 Å². The predicted octanol–water partition coefficient (Wildman–Crippen LogP) is 6.15. The van der Waals surface area contributed by atoms with E-state index in [1.807, 2.05) is 44.2 Å². The normalized spacial score (nSPS) is 10.8. The molecule has 0 unspecified atom stereocenters. The van der Waals surface area contributed by atoms with E-state index in [0.29, 0.717) is 40.9 Å². The first-order chi connectivity index (χ1) is 15.0. The third kappa shape index (κ3) is 6.32. The van der Waals surface area contributed by atoms with Crippen LogP contribution in [0.5, 0.6) is 11.5 Å². The minimum atomic E-state index is -0.313. The Balaban J connectivity index is 1.73. The Morgan fingerprint density at radius 1 is 1.13 bits per heavy atom. The molecule has 0 aliphatic rings. The highest BCUT2D eigenvalue weighted by Gasteiger charge is 2.13. The molecule has 5 nitrogen and oxygen atoms in total. The number of nitrogens with one attached hydrogen (secondary N) is 1. The third-order valence-electron chi connectivity index (χ3n) is 4.43. The first-order valence-electron chi connectivity index (χ1n) is 9.70. The van der Waals surface area contributed by atoms with Gasteiger partial charge in [-0.05, 0) is 60.9 Å². The van der Waals surface area contributed by atoms with Gasteiger partial charge < -0.3 is 9.47 Å². The van der Waals surface area contributed by atoms with Crippen molar-refractivity contribution in [3.8, 4) is 11.5 Å². The van der Waals surface area contributed by atoms with Crippen LogP contribution in [0.25, 0.3) is 0 Å². The molecule has 160 valence electrons. The van der Waals surface area contributed by atoms with Gasteiger partial charge in [0.05, 0.1) is 17.8 Å². The molecule has 1 N–H and O–H groups in total. The molecule has 3 aromatic carbocycles. The number of benzene rings is 3. The van der Waals surface area contributed by atoms with Crippen molar-refractivity contribution < 1.29 is 14.3 Å². The molecule has 31 heavy (non-hydrogen) atoms. The number of halogens is 2. The van der Waals surface area contributed by atoms with Gasteiger partial charge in [0.15, 0.2) is 11.5 Å². The lowest BCUT2D eigenvalue weighted by Crippen LogP contribution is -2.17. The molecular weight excluding hydrogens is 480 g/mol. The van der Waals surface area contributed by atoms with Crippen molar-refractivity contribution in [3.05, 3.63) is 92.4 Å². The maximum absolute atomic E-state index is 12.2. The molecule has 0 radical (unpaired) electrons. The van der Waals surface area contributed by atoms with Gasteiger partial charge in [-0.25, -0.2) is 5.43 Å². The molecule has 0 aromatic heterocycles. The number of aryl methyl sites for hydroxylation is 1. The number of amides is 1. The van der Waals surface area contributed by atoms with E-state index in [1.165, 1.54) is 6.21 Å². The second kappa shape index (κ2) is 11.0. The van der Waals surface area contributed by atoms with Gasteiger partial charge in [-0.3, -0.25) is 4.79 Å². The van der Waals surface area contributed by atoms with E-state index < -0.39 is 0 Å². The second-order valence-electron chi connectivity index (χ2n) is 6.69. The maximum atomic E-state index is 12.2. The zero-order valence-electron chi connectivity index (χ0n) is 17.2. The van der Waals surface area contributed by atoms with Crippen molar-refractivity contribution in [1.82, 2.24) is 5.43 Å². The minimum absolute atomic E-state index is 0.313. The summed E-state index contributed by atoms with van der Waals surface area (Å²) in [5.74, 6) is 0.678. The quantitative estimate of drug-likeness (QED) is 0.297. The lowest BCUT2D eigenvalue weighted by Gasteiger charge is -2.15. The van der Waals surface area contributed by atoms with E-state index in [0.717, 1.165) is 15.6 Å². The average molecular weight is 502 g/mol. The Morgan fingerprint density at radius 2 is 1.94 bits per heavy atom. The molecule has 3 rings (SSSR count). The first kappa shape index (κ1) is 22.8. The van der Waals surface area contributed by atoms with Crippen LogP contribution in [0.2, 0.25) is 5.02 Å². The molecule has 7 heteroatoms. The van der Waals surface area contributed by atoms with Crippen LogP contribution in [0.3, 0.4) is 0 Å². The van der Waals surface area contributed by atoms with Crippen molar-refractivity contribution >= 4 is 39.7 Å². The largest absolute Gasteiger partial charge is 0.490 e. The molecule has 0 bridgehead atoms. The number of carbonyl (C=O) groups is 1. The maximum Gasteiger partial charge on any atom is 0.271 e. The smallest absolute Gasteiger partial charge is 0.271 e. The Morgan fingerprint density at radius 3 is 2.68 bits per heavy atom. The SMILES string of the molecule is CCOc1cc(/C=N\NC(=O)c2cccc(Br)c2)cc(Cl)c1OCc1ccccc1C. The summed E-state index contributed by atoms with van der Waals surface area (Å²) in [5.41, 5.74) is 5.89. The predicted molar refractivity (Wildman–Crippen MR) is 127 cm³/mol. The van der Waals surface area contributed by atoms with Crippen LogP contribution in [-0.2, 0) is 6.61 Å². The monoisotopic (exact) mass is 500 g/mol. The fourth-order valence-electron chi connectivity index (χ4n) is 2.85.